The minimum atomic E-state index is -0.217. The van der Waals surface area contributed by atoms with Crippen LogP contribution in [0.1, 0.15) is 41.5 Å². The Kier molecular flexibility index (Phi) is 5.34. The highest BCUT2D eigenvalue weighted by molar-refractivity contribution is 9.12. The molecule has 0 radical (unpaired) electrons. The van der Waals surface area contributed by atoms with E-state index in [0.717, 1.165) is 0 Å². The summed E-state index contributed by atoms with van der Waals surface area (Å²) >= 11 is 8.02. The second kappa shape index (κ2) is 6.11. The van der Waals surface area contributed by atoms with Crippen LogP contribution in [0.3, 0.4) is 0 Å². The smallest absolute Gasteiger partial charge is 0.254 e. The summed E-state index contributed by atoms with van der Waals surface area (Å²) in [6.07, 6.45) is 0. The van der Waals surface area contributed by atoms with Gasteiger partial charge in [0.05, 0.1) is 18.7 Å². The zero-order valence-electron chi connectivity index (χ0n) is 9.77. The first-order valence-corrected chi connectivity index (χ1v) is 7.60. The molecule has 0 saturated heterocycles. The number of amides is 1. The van der Waals surface area contributed by atoms with Crippen molar-refractivity contribution in [2.75, 3.05) is 6.54 Å². The monoisotopic (exact) mass is 381 g/mol. The Morgan fingerprint density at radius 2 is 1.76 bits per heavy atom. The van der Waals surface area contributed by atoms with Crippen molar-refractivity contribution in [3.05, 3.63) is 18.7 Å². The van der Waals surface area contributed by atoms with Gasteiger partial charge in [0.25, 0.3) is 5.91 Å². The third-order valence-electron chi connectivity index (χ3n) is 2.16. The number of hydrogen-bond donors (Lipinski definition) is 1. The summed E-state index contributed by atoms with van der Waals surface area (Å²) in [7, 11) is 0. The molecular formula is C11H13Br2NO2S. The molecule has 0 bridgehead atoms. The van der Waals surface area contributed by atoms with Crippen LogP contribution in [0.2, 0.25) is 0 Å². The lowest BCUT2D eigenvalue weighted by Gasteiger charge is -2.07. The maximum Gasteiger partial charge on any atom is 0.254 e. The molecule has 0 saturated carbocycles. The molecule has 3 nitrogen and oxygen atoms in total. The van der Waals surface area contributed by atoms with E-state index in [4.69, 9.17) is 0 Å². The van der Waals surface area contributed by atoms with Crippen LogP contribution in [0.4, 0.5) is 0 Å². The molecule has 0 aliphatic heterocycles. The Morgan fingerprint density at radius 1 is 1.24 bits per heavy atom. The highest BCUT2D eigenvalue weighted by Crippen LogP contribution is 2.38. The van der Waals surface area contributed by atoms with E-state index in [2.05, 4.69) is 37.2 Å². The topological polar surface area (TPSA) is 46.2 Å². The van der Waals surface area contributed by atoms with E-state index >= 15 is 0 Å². The SMILES string of the molecule is CCNC(=O)c1c(Br)sc(Br)c1C(=O)C(C)C. The van der Waals surface area contributed by atoms with E-state index in [1.165, 1.54) is 11.3 Å². The molecule has 17 heavy (non-hydrogen) atoms. The van der Waals surface area contributed by atoms with Gasteiger partial charge in [-0.2, -0.15) is 0 Å². The minimum absolute atomic E-state index is 0.0277. The third kappa shape index (κ3) is 3.17. The number of nitrogens with one attached hydrogen (secondary N) is 1. The third-order valence-corrected chi connectivity index (χ3v) is 4.69. The molecule has 0 spiro atoms. The lowest BCUT2D eigenvalue weighted by Crippen LogP contribution is -2.25. The van der Waals surface area contributed by atoms with Crippen molar-refractivity contribution in [2.24, 2.45) is 5.92 Å². The molecule has 1 amide bonds. The van der Waals surface area contributed by atoms with Crippen molar-refractivity contribution in [3.63, 3.8) is 0 Å². The highest BCUT2D eigenvalue weighted by Gasteiger charge is 2.27. The van der Waals surface area contributed by atoms with E-state index in [9.17, 15) is 9.59 Å². The number of hydrogen-bond acceptors (Lipinski definition) is 3. The zero-order chi connectivity index (χ0) is 13.2. The van der Waals surface area contributed by atoms with Crippen molar-refractivity contribution in [1.82, 2.24) is 5.32 Å². The van der Waals surface area contributed by atoms with E-state index < -0.39 is 0 Å². The van der Waals surface area contributed by atoms with Crippen LogP contribution >= 0.6 is 43.2 Å². The predicted octanol–water partition coefficient (Wildman–Crippen LogP) is 3.86. The second-order valence-corrected chi connectivity index (χ2v) is 7.43. The van der Waals surface area contributed by atoms with Gasteiger partial charge in [-0.15, -0.1) is 11.3 Å². The first-order chi connectivity index (χ1) is 7.90. The van der Waals surface area contributed by atoms with Gasteiger partial charge in [0.2, 0.25) is 0 Å². The van der Waals surface area contributed by atoms with Gasteiger partial charge in [0, 0.05) is 12.5 Å². The van der Waals surface area contributed by atoms with Gasteiger partial charge in [0.1, 0.15) is 0 Å². The van der Waals surface area contributed by atoms with Crippen LogP contribution in [-0.4, -0.2) is 18.2 Å². The average Bonchev–Trinajstić information content (AvgIpc) is 2.52. The summed E-state index contributed by atoms with van der Waals surface area (Å²) < 4.78 is 1.38. The number of rotatable bonds is 4. The van der Waals surface area contributed by atoms with Gasteiger partial charge in [0.15, 0.2) is 5.78 Å². The van der Waals surface area contributed by atoms with E-state index in [1.807, 2.05) is 20.8 Å². The molecule has 1 aromatic heterocycles. The fourth-order valence-electron chi connectivity index (χ4n) is 1.34. The first kappa shape index (κ1) is 14.9. The van der Waals surface area contributed by atoms with Gasteiger partial charge in [-0.3, -0.25) is 9.59 Å². The first-order valence-electron chi connectivity index (χ1n) is 5.20. The molecule has 1 heterocycles. The number of ketones is 1. The van der Waals surface area contributed by atoms with Crippen LogP contribution in [0, 0.1) is 5.92 Å². The van der Waals surface area contributed by atoms with Crippen LogP contribution in [0.15, 0.2) is 7.57 Å². The number of carbonyl (C=O) groups is 2. The largest absolute Gasteiger partial charge is 0.352 e. The molecule has 1 N–H and O–H groups in total. The fourth-order valence-corrected chi connectivity index (χ4v) is 4.49. The van der Waals surface area contributed by atoms with Crippen molar-refractivity contribution in [2.45, 2.75) is 20.8 Å². The van der Waals surface area contributed by atoms with Crippen LogP contribution < -0.4 is 5.32 Å². The predicted molar refractivity (Wildman–Crippen MR) is 76.9 cm³/mol. The molecular weight excluding hydrogens is 370 g/mol. The standard InChI is InChI=1S/C11H13Br2NO2S/c1-4-14-11(16)7-6(8(15)5(2)3)9(12)17-10(7)13/h5H,4H2,1-3H3,(H,14,16). The Morgan fingerprint density at radius 3 is 2.24 bits per heavy atom. The molecule has 0 unspecified atom stereocenters. The summed E-state index contributed by atoms with van der Waals surface area (Å²) in [5.41, 5.74) is 0.908. The van der Waals surface area contributed by atoms with Crippen LogP contribution in [0.25, 0.3) is 0 Å². The molecule has 0 fully saturated rings. The summed E-state index contributed by atoms with van der Waals surface area (Å²) in [5, 5.41) is 2.71. The number of carbonyl (C=O) groups excluding carboxylic acids is 2. The van der Waals surface area contributed by atoms with Crippen LogP contribution in [-0.2, 0) is 0 Å². The lowest BCUT2D eigenvalue weighted by molar-refractivity contribution is 0.0912. The van der Waals surface area contributed by atoms with Gasteiger partial charge in [-0.05, 0) is 38.8 Å². The quantitative estimate of drug-likeness (QED) is 0.803. The lowest BCUT2D eigenvalue weighted by atomic mass is 10.00. The Bertz CT molecular complexity index is 455. The molecule has 1 rings (SSSR count). The summed E-state index contributed by atoms with van der Waals surface area (Å²) in [5.74, 6) is -0.383. The maximum absolute atomic E-state index is 12.1. The Balaban J connectivity index is 3.29. The van der Waals surface area contributed by atoms with Gasteiger partial charge in [-0.25, -0.2) is 0 Å². The summed E-state index contributed by atoms with van der Waals surface area (Å²) in [6.45, 7) is 6.02. The number of Topliss-reactive ketones (excluding diaryl/α,β-unsaturated/α-hetero) is 1. The fraction of sp³-hybridized carbons (Fsp3) is 0.455. The van der Waals surface area contributed by atoms with Crippen molar-refractivity contribution < 1.29 is 9.59 Å². The number of halogens is 2. The average molecular weight is 383 g/mol. The maximum atomic E-state index is 12.1. The summed E-state index contributed by atoms with van der Waals surface area (Å²) in [6, 6.07) is 0. The number of thiophene rings is 1. The molecule has 0 aliphatic rings. The summed E-state index contributed by atoms with van der Waals surface area (Å²) in [4.78, 5) is 24.0. The Hall–Kier alpha value is -0.200. The second-order valence-electron chi connectivity index (χ2n) is 3.78. The highest BCUT2D eigenvalue weighted by atomic mass is 79.9. The van der Waals surface area contributed by atoms with E-state index in [-0.39, 0.29) is 17.6 Å². The normalized spacial score (nSPS) is 10.7. The van der Waals surface area contributed by atoms with Crippen molar-refractivity contribution >= 4 is 54.9 Å². The molecule has 6 heteroatoms. The minimum Gasteiger partial charge on any atom is -0.352 e. The Labute approximate surface area is 121 Å². The van der Waals surface area contributed by atoms with Gasteiger partial charge >= 0.3 is 0 Å². The van der Waals surface area contributed by atoms with Gasteiger partial charge in [-0.1, -0.05) is 13.8 Å². The van der Waals surface area contributed by atoms with E-state index in [1.54, 1.807) is 0 Å². The van der Waals surface area contributed by atoms with Crippen LogP contribution in [0.5, 0.6) is 0 Å². The van der Waals surface area contributed by atoms with Crippen molar-refractivity contribution in [3.8, 4) is 0 Å². The van der Waals surface area contributed by atoms with E-state index in [0.29, 0.717) is 25.2 Å². The molecule has 0 aromatic carbocycles. The van der Waals surface area contributed by atoms with Gasteiger partial charge < -0.3 is 5.32 Å². The molecule has 1 aromatic rings. The molecule has 0 atom stereocenters. The molecule has 0 aliphatic carbocycles. The zero-order valence-corrected chi connectivity index (χ0v) is 13.8. The van der Waals surface area contributed by atoms with Crippen molar-refractivity contribution in [1.29, 1.82) is 0 Å². The molecule has 94 valence electrons.